The monoisotopic (exact) mass is 638 g/mol. The quantitative estimate of drug-likeness (QED) is 0.0299. The lowest BCUT2D eigenvalue weighted by Crippen LogP contribution is -2.37. The Labute approximate surface area is 245 Å². The van der Waals surface area contributed by atoms with Gasteiger partial charge in [0.2, 0.25) is 5.36 Å². The van der Waals surface area contributed by atoms with E-state index in [1.165, 1.54) is 27.9 Å². The van der Waals surface area contributed by atoms with Crippen LogP contribution < -0.4 is 32.0 Å². The van der Waals surface area contributed by atoms with Gasteiger partial charge in [-0.3, -0.25) is 5.04 Å². The summed E-state index contributed by atoms with van der Waals surface area (Å²) in [6.07, 6.45) is 0.542. The van der Waals surface area contributed by atoms with Crippen LogP contribution in [-0.2, 0) is 29.6 Å². The molecule has 0 atom stereocenters. The van der Waals surface area contributed by atoms with Gasteiger partial charge in [-0.05, 0) is 30.7 Å². The fourth-order valence-corrected chi connectivity index (χ4v) is 5.95. The third-order valence-electron chi connectivity index (χ3n) is 6.27. The van der Waals surface area contributed by atoms with Crippen LogP contribution in [0.15, 0.2) is 70.0 Å². The van der Waals surface area contributed by atoms with Crippen molar-refractivity contribution in [3.63, 3.8) is 0 Å². The first-order valence-corrected chi connectivity index (χ1v) is 16.2. The van der Waals surface area contributed by atoms with Gasteiger partial charge in [0.25, 0.3) is 0 Å². The maximum atomic E-state index is 12.2. The lowest BCUT2D eigenvalue weighted by Gasteiger charge is -2.22. The van der Waals surface area contributed by atoms with Crippen molar-refractivity contribution in [2.45, 2.75) is 17.7 Å². The summed E-state index contributed by atoms with van der Waals surface area (Å²) in [6, 6.07) is 15.8. The molecular formula is C25H26N4O10S3-2. The van der Waals surface area contributed by atoms with Crippen LogP contribution in [0.4, 0.5) is 5.69 Å². The molecule has 0 radical (unpaired) electrons. The minimum Gasteiger partial charge on any atom is -0.748 e. The highest BCUT2D eigenvalue weighted by Gasteiger charge is 2.22. The Hall–Kier alpha value is -3.26. The van der Waals surface area contributed by atoms with Crippen LogP contribution in [0.5, 0.6) is 0 Å². The third-order valence-corrected chi connectivity index (χ3v) is 8.56. The average Bonchev–Trinajstić information content (AvgIpc) is 2.93. The topological polar surface area (TPSA) is 227 Å². The maximum absolute atomic E-state index is 12.2. The number of anilines is 1. The van der Waals surface area contributed by atoms with Crippen molar-refractivity contribution in [2.24, 2.45) is 11.7 Å². The molecule has 4 rings (SSSR count). The average molecular weight is 639 g/mol. The molecule has 226 valence electrons. The highest BCUT2D eigenvalue weighted by Crippen LogP contribution is 2.42. The molecule has 0 aromatic heterocycles. The molecule has 1 aliphatic heterocycles. The predicted molar refractivity (Wildman–Crippen MR) is 151 cm³/mol. The van der Waals surface area contributed by atoms with Gasteiger partial charge < -0.3 is 23.8 Å². The van der Waals surface area contributed by atoms with Gasteiger partial charge in [0, 0.05) is 70.7 Å². The molecule has 4 N–H and O–H groups in total. The Bertz CT molecular complexity index is 1830. The van der Waals surface area contributed by atoms with Gasteiger partial charge in [-0.2, -0.15) is 4.33 Å². The second-order valence-corrected chi connectivity index (χ2v) is 12.8. The van der Waals surface area contributed by atoms with E-state index in [1.54, 1.807) is 42.5 Å². The minimum atomic E-state index is -4.85. The molecule has 0 unspecified atom stereocenters. The largest absolute Gasteiger partial charge is 0.748 e. The van der Waals surface area contributed by atoms with Gasteiger partial charge in [-0.15, -0.1) is 4.68 Å². The van der Waals surface area contributed by atoms with Crippen LogP contribution in [0.25, 0.3) is 33.4 Å². The first-order valence-electron chi connectivity index (χ1n) is 12.3. The van der Waals surface area contributed by atoms with E-state index in [1.807, 2.05) is 0 Å². The minimum absolute atomic E-state index is 0.000538. The summed E-state index contributed by atoms with van der Waals surface area (Å²) in [6.45, 7) is 0.436. The zero-order valence-corrected chi connectivity index (χ0v) is 24.3. The molecule has 0 saturated carbocycles. The summed E-state index contributed by atoms with van der Waals surface area (Å²) >= 11 is 0.837. The van der Waals surface area contributed by atoms with E-state index < -0.39 is 30.9 Å². The van der Waals surface area contributed by atoms with Gasteiger partial charge in [0.1, 0.15) is 21.5 Å². The number of fused-ring (bicyclic) bond motifs is 2. The zero-order valence-electron chi connectivity index (χ0n) is 21.9. The number of hydrogen-bond donors (Lipinski definition) is 2. The Morgan fingerprint density at radius 3 is 2.45 bits per heavy atom. The number of hydrazine groups is 2. The molecule has 2 aromatic carbocycles. The summed E-state index contributed by atoms with van der Waals surface area (Å²) in [5.41, 5.74) is 1.82. The molecule has 1 heterocycles. The first kappa shape index (κ1) is 31.7. The van der Waals surface area contributed by atoms with E-state index in [9.17, 15) is 31.2 Å². The van der Waals surface area contributed by atoms with Crippen LogP contribution in [0.1, 0.15) is 12.8 Å². The van der Waals surface area contributed by atoms with Gasteiger partial charge in [-0.1, -0.05) is 18.2 Å². The summed E-state index contributed by atoms with van der Waals surface area (Å²) in [4.78, 5) is -0.409. The van der Waals surface area contributed by atoms with E-state index in [0.717, 1.165) is 12.0 Å². The van der Waals surface area contributed by atoms with E-state index in [4.69, 9.17) is 16.1 Å². The maximum Gasteiger partial charge on any atom is 0.232 e. The smallest absolute Gasteiger partial charge is 0.232 e. The summed E-state index contributed by atoms with van der Waals surface area (Å²) in [5.74, 6) is 12.5. The number of nitrogens with zero attached hydrogens (tertiary/aromatic N) is 2. The van der Waals surface area contributed by atoms with Crippen molar-refractivity contribution < 1.29 is 45.0 Å². The molecule has 42 heavy (non-hydrogen) atoms. The Morgan fingerprint density at radius 2 is 1.74 bits per heavy atom. The van der Waals surface area contributed by atoms with Crippen molar-refractivity contribution in [1.82, 2.24) is 4.68 Å². The van der Waals surface area contributed by atoms with Crippen molar-refractivity contribution in [2.75, 3.05) is 29.6 Å². The molecule has 0 bridgehead atoms. The molecule has 2 aliphatic rings. The van der Waals surface area contributed by atoms with Crippen molar-refractivity contribution in [1.29, 1.82) is 0 Å². The van der Waals surface area contributed by atoms with E-state index in [-0.39, 0.29) is 24.1 Å². The van der Waals surface area contributed by atoms with E-state index in [0.29, 0.717) is 52.0 Å². The van der Waals surface area contributed by atoms with Crippen molar-refractivity contribution in [3.8, 4) is 22.5 Å². The van der Waals surface area contributed by atoms with Gasteiger partial charge >= 0.3 is 0 Å². The third kappa shape index (κ3) is 7.77. The zero-order chi connectivity index (χ0) is 30.5. The molecule has 0 amide bonds. The standard InChI is InChI=1S/C25H28N4O10S3/c26-28(11-3-13-40-39-38-30)17-7-9-19-22(15-17)37-23-16-18(29(27)12-4-14-41(31,32)33)8-10-20(23)25(19)21-5-1-2-6-24(21)42(34,35)36/h1-2,5-10,15-16H,3-4,11-14,26-27H2,(H2-,30,31,32,33,34,35,36)/p-2. The highest BCUT2D eigenvalue weighted by atomic mass is 32.2. The first-order chi connectivity index (χ1) is 19.9. The van der Waals surface area contributed by atoms with Gasteiger partial charge in [0.15, 0.2) is 6.54 Å². The normalized spacial score (nSPS) is 13.0. The summed E-state index contributed by atoms with van der Waals surface area (Å²) in [5, 5.41) is 15.5. The van der Waals surface area contributed by atoms with Gasteiger partial charge in [-0.25, -0.2) is 28.5 Å². The molecule has 0 saturated heterocycles. The van der Waals surface area contributed by atoms with Crippen molar-refractivity contribution in [3.05, 3.63) is 66.0 Å². The van der Waals surface area contributed by atoms with Crippen LogP contribution in [0, 0.1) is 0 Å². The summed E-state index contributed by atoms with van der Waals surface area (Å²) < 4.78 is 81.4. The molecule has 0 spiro atoms. The van der Waals surface area contributed by atoms with Gasteiger partial charge in [0.05, 0.1) is 26.8 Å². The van der Waals surface area contributed by atoms with Crippen LogP contribution in [0.2, 0.25) is 0 Å². The molecule has 2 aromatic rings. The number of hydrogen-bond acceptors (Lipinski definition) is 14. The SMILES string of the molecule is NN(CCCS(=O)(=O)[O-])c1ccc2c(-c3ccccc3S(=O)(=O)[O-])c3cc/c(=[N+](\N)CCCSOO[O-])cc-3oc2c1. The molecule has 14 nitrogen and oxygen atoms in total. The second-order valence-electron chi connectivity index (χ2n) is 9.10. The Balaban J connectivity index is 1.87. The molecule has 17 heteroatoms. The number of benzene rings is 3. The van der Waals surface area contributed by atoms with Crippen molar-refractivity contribution >= 4 is 48.9 Å². The Morgan fingerprint density at radius 1 is 0.976 bits per heavy atom. The predicted octanol–water partition coefficient (Wildman–Crippen LogP) is 0.632. The summed E-state index contributed by atoms with van der Waals surface area (Å²) in [7, 11) is -9.25. The second kappa shape index (κ2) is 13.4. The number of rotatable bonds is 13. The molecule has 0 fully saturated rings. The van der Waals surface area contributed by atoms with E-state index >= 15 is 0 Å². The Kier molecular flexibility index (Phi) is 10.1. The number of nitrogens with two attached hydrogens (primary N) is 2. The van der Waals surface area contributed by atoms with Crippen LogP contribution in [-0.4, -0.2) is 50.5 Å². The molecule has 1 aliphatic carbocycles. The van der Waals surface area contributed by atoms with E-state index in [2.05, 4.69) is 9.37 Å². The van der Waals surface area contributed by atoms with Crippen LogP contribution in [0.3, 0.4) is 0 Å². The lowest BCUT2D eigenvalue weighted by atomic mass is 9.93. The van der Waals surface area contributed by atoms with Crippen LogP contribution >= 0.6 is 12.0 Å². The lowest BCUT2D eigenvalue weighted by molar-refractivity contribution is -0.777. The fourth-order valence-electron chi connectivity index (χ4n) is 4.42. The highest BCUT2D eigenvalue weighted by molar-refractivity contribution is 7.94. The molecular weight excluding hydrogens is 612 g/mol. The fraction of sp³-hybridized carbons (Fsp3) is 0.240.